The molecule has 1 aromatic carbocycles. The normalized spacial score (nSPS) is 12.0. The highest BCUT2D eigenvalue weighted by molar-refractivity contribution is 7.16. The van der Waals surface area contributed by atoms with Gasteiger partial charge in [-0.3, -0.25) is 10.1 Å². The first kappa shape index (κ1) is 14.7. The van der Waals surface area contributed by atoms with Gasteiger partial charge >= 0.3 is 5.00 Å². The Balaban J connectivity index is 2.18. The topological polar surface area (TPSA) is 105 Å². The summed E-state index contributed by atoms with van der Waals surface area (Å²) in [5, 5.41) is 30.4. The zero-order chi connectivity index (χ0) is 16.6. The molecule has 0 fully saturated rings. The van der Waals surface area contributed by atoms with Crippen LogP contribution in [0.4, 0.5) is 5.00 Å². The van der Waals surface area contributed by atoms with Crippen molar-refractivity contribution in [2.75, 3.05) is 0 Å². The van der Waals surface area contributed by atoms with Crippen molar-refractivity contribution in [3.05, 3.63) is 57.2 Å². The van der Waals surface area contributed by atoms with Gasteiger partial charge in [0.2, 0.25) is 0 Å². The van der Waals surface area contributed by atoms with Gasteiger partial charge in [-0.2, -0.15) is 5.26 Å². The molecule has 0 aliphatic heterocycles. The van der Waals surface area contributed by atoms with Crippen LogP contribution in [0.3, 0.4) is 0 Å². The van der Waals surface area contributed by atoms with Crippen LogP contribution < -0.4 is 0 Å². The van der Waals surface area contributed by atoms with E-state index in [-0.39, 0.29) is 21.2 Å². The molecule has 3 rings (SSSR count). The molecule has 0 spiro atoms. The Morgan fingerprint density at radius 1 is 1.39 bits per heavy atom. The molecule has 0 amide bonds. The fourth-order valence-corrected chi connectivity index (χ4v) is 3.03. The van der Waals surface area contributed by atoms with Crippen molar-refractivity contribution in [3.63, 3.8) is 0 Å². The monoisotopic (exact) mass is 326 g/mol. The molecule has 0 aliphatic rings. The van der Waals surface area contributed by atoms with E-state index < -0.39 is 4.92 Å². The Bertz CT molecular complexity index is 994. The zero-order valence-corrected chi connectivity index (χ0v) is 12.7. The molecular weight excluding hydrogens is 316 g/mol. The van der Waals surface area contributed by atoms with Crippen LogP contribution in [-0.2, 0) is 7.05 Å². The van der Waals surface area contributed by atoms with E-state index in [4.69, 9.17) is 0 Å². The molecule has 7 nitrogen and oxygen atoms in total. The third-order valence-electron chi connectivity index (χ3n) is 3.36. The van der Waals surface area contributed by atoms with Crippen LogP contribution in [0.25, 0.3) is 22.4 Å². The number of aliphatic hydroxyl groups excluding tert-OH is 1. The third kappa shape index (κ3) is 2.43. The average molecular weight is 326 g/mol. The predicted octanol–water partition coefficient (Wildman–Crippen LogP) is 3.49. The number of benzene rings is 1. The molecule has 0 saturated carbocycles. The number of nitriles is 1. The summed E-state index contributed by atoms with van der Waals surface area (Å²) in [5.74, 6) is -0.00809. The van der Waals surface area contributed by atoms with Gasteiger partial charge in [0.1, 0.15) is 11.6 Å². The molecule has 0 bridgehead atoms. The molecule has 0 radical (unpaired) electrons. The molecule has 0 aliphatic carbocycles. The van der Waals surface area contributed by atoms with Gasteiger partial charge in [-0.05, 0) is 18.2 Å². The Kier molecular flexibility index (Phi) is 3.56. The second-order valence-electron chi connectivity index (χ2n) is 4.71. The summed E-state index contributed by atoms with van der Waals surface area (Å²) in [5.41, 5.74) is 1.49. The molecule has 1 N–H and O–H groups in total. The van der Waals surface area contributed by atoms with E-state index in [0.717, 1.165) is 16.9 Å². The molecule has 23 heavy (non-hydrogen) atoms. The number of aromatic nitrogens is 2. The quantitative estimate of drug-likeness (QED) is 0.343. The minimum Gasteiger partial charge on any atom is -0.505 e. The SMILES string of the molecule is Cn1c(/C(C#N)=C(/O)c2ccc([N+](=O)[O-])s2)nc2ccccc21. The number of allylic oxidation sites excluding steroid dienone is 1. The second kappa shape index (κ2) is 5.55. The summed E-state index contributed by atoms with van der Waals surface area (Å²) < 4.78 is 1.70. The van der Waals surface area contributed by atoms with Gasteiger partial charge < -0.3 is 9.67 Å². The standard InChI is InChI=1S/C15H10N4O3S/c1-18-11-5-3-2-4-10(11)17-15(18)9(8-16)14(20)12-6-7-13(23-12)19(21)22/h2-7,20H,1H3/b14-9+. The van der Waals surface area contributed by atoms with E-state index in [1.807, 2.05) is 24.3 Å². The highest BCUT2D eigenvalue weighted by atomic mass is 32.1. The van der Waals surface area contributed by atoms with Crippen LogP contribution in [0.2, 0.25) is 0 Å². The van der Waals surface area contributed by atoms with E-state index in [2.05, 4.69) is 4.98 Å². The first-order valence-corrected chi connectivity index (χ1v) is 7.34. The zero-order valence-electron chi connectivity index (χ0n) is 11.9. The number of hydrogen-bond acceptors (Lipinski definition) is 6. The molecule has 114 valence electrons. The number of hydrogen-bond donors (Lipinski definition) is 1. The van der Waals surface area contributed by atoms with E-state index in [1.54, 1.807) is 17.7 Å². The van der Waals surface area contributed by atoms with Crippen LogP contribution in [-0.4, -0.2) is 19.6 Å². The molecule has 8 heteroatoms. The number of aryl methyl sites for hydroxylation is 1. The van der Waals surface area contributed by atoms with E-state index >= 15 is 0 Å². The fraction of sp³-hybridized carbons (Fsp3) is 0.0667. The Labute approximate surface area is 134 Å². The summed E-state index contributed by atoms with van der Waals surface area (Å²) in [4.78, 5) is 14.8. The summed E-state index contributed by atoms with van der Waals surface area (Å²) in [7, 11) is 1.74. The lowest BCUT2D eigenvalue weighted by molar-refractivity contribution is -0.380. The van der Waals surface area contributed by atoms with Gasteiger partial charge in [-0.1, -0.05) is 23.5 Å². The minimum absolute atomic E-state index is 0.0274. The van der Waals surface area contributed by atoms with Gasteiger partial charge in [0, 0.05) is 13.1 Å². The lowest BCUT2D eigenvalue weighted by Gasteiger charge is -2.03. The average Bonchev–Trinajstić information content (AvgIpc) is 3.15. The largest absolute Gasteiger partial charge is 0.505 e. The second-order valence-corrected chi connectivity index (χ2v) is 5.78. The van der Waals surface area contributed by atoms with Crippen LogP contribution >= 0.6 is 11.3 Å². The number of imidazole rings is 1. The molecule has 3 aromatic rings. The summed E-state index contributed by atoms with van der Waals surface area (Å²) in [6, 6.07) is 12.0. The maximum Gasteiger partial charge on any atom is 0.324 e. The van der Waals surface area contributed by atoms with Crippen molar-refractivity contribution < 1.29 is 10.0 Å². The third-order valence-corrected chi connectivity index (χ3v) is 4.41. The molecule has 0 atom stereocenters. The maximum absolute atomic E-state index is 10.8. The molecular formula is C15H10N4O3S. The number of para-hydroxylation sites is 2. The molecule has 2 aromatic heterocycles. The lowest BCUT2D eigenvalue weighted by atomic mass is 10.2. The van der Waals surface area contributed by atoms with Crippen molar-refractivity contribution in [1.29, 1.82) is 5.26 Å². The number of thiophene rings is 1. The minimum atomic E-state index is -0.539. The van der Waals surface area contributed by atoms with Crippen molar-refractivity contribution in [2.45, 2.75) is 0 Å². The Hall–Kier alpha value is -3.18. The molecule has 0 saturated heterocycles. The van der Waals surface area contributed by atoms with Crippen molar-refractivity contribution in [3.8, 4) is 6.07 Å². The molecule has 2 heterocycles. The van der Waals surface area contributed by atoms with Gasteiger partial charge in [-0.15, -0.1) is 0 Å². The van der Waals surface area contributed by atoms with E-state index in [9.17, 15) is 20.5 Å². The van der Waals surface area contributed by atoms with E-state index in [0.29, 0.717) is 11.3 Å². The summed E-state index contributed by atoms with van der Waals surface area (Å²) in [6.07, 6.45) is 0. The number of aliphatic hydroxyl groups is 1. The smallest absolute Gasteiger partial charge is 0.324 e. The van der Waals surface area contributed by atoms with Crippen molar-refractivity contribution in [2.24, 2.45) is 7.05 Å². The van der Waals surface area contributed by atoms with Gasteiger partial charge in [0.05, 0.1) is 20.8 Å². The highest BCUT2D eigenvalue weighted by Crippen LogP contribution is 2.32. The van der Waals surface area contributed by atoms with Gasteiger partial charge in [0.25, 0.3) is 0 Å². The Morgan fingerprint density at radius 3 is 2.74 bits per heavy atom. The van der Waals surface area contributed by atoms with Gasteiger partial charge in [-0.25, -0.2) is 4.98 Å². The summed E-state index contributed by atoms with van der Waals surface area (Å²) >= 11 is 0.805. The first-order chi connectivity index (χ1) is 11.0. The van der Waals surface area contributed by atoms with Gasteiger partial charge in [0.15, 0.2) is 11.6 Å². The summed E-state index contributed by atoms with van der Waals surface area (Å²) in [6.45, 7) is 0. The molecule has 0 unspecified atom stereocenters. The lowest BCUT2D eigenvalue weighted by Crippen LogP contribution is -1.98. The van der Waals surface area contributed by atoms with Crippen molar-refractivity contribution in [1.82, 2.24) is 9.55 Å². The fourth-order valence-electron chi connectivity index (χ4n) is 2.25. The van der Waals surface area contributed by atoms with Crippen LogP contribution in [0, 0.1) is 21.4 Å². The van der Waals surface area contributed by atoms with E-state index in [1.165, 1.54) is 12.1 Å². The highest BCUT2D eigenvalue weighted by Gasteiger charge is 2.20. The number of fused-ring (bicyclic) bond motifs is 1. The first-order valence-electron chi connectivity index (χ1n) is 6.52. The van der Waals surface area contributed by atoms with Crippen molar-refractivity contribution >= 4 is 38.7 Å². The number of nitrogens with zero attached hydrogens (tertiary/aromatic N) is 4. The Morgan fingerprint density at radius 2 is 2.13 bits per heavy atom. The number of nitro groups is 1. The predicted molar refractivity (Wildman–Crippen MR) is 86.7 cm³/mol. The number of rotatable bonds is 3. The van der Waals surface area contributed by atoms with Crippen LogP contribution in [0.15, 0.2) is 36.4 Å². The maximum atomic E-state index is 10.8. The van der Waals surface area contributed by atoms with Crippen LogP contribution in [0.5, 0.6) is 0 Å². The van der Waals surface area contributed by atoms with Crippen LogP contribution in [0.1, 0.15) is 10.7 Å².